The molecule has 4 nitrogen and oxygen atoms in total. The number of rotatable bonds is 9. The first-order valence-corrected chi connectivity index (χ1v) is 8.27. The fourth-order valence-corrected chi connectivity index (χ4v) is 2.66. The summed E-state index contributed by atoms with van der Waals surface area (Å²) in [6.07, 6.45) is 0. The van der Waals surface area contributed by atoms with Crippen LogP contribution in [0.5, 0.6) is 0 Å². The van der Waals surface area contributed by atoms with Gasteiger partial charge in [0.2, 0.25) is 0 Å². The fraction of sp³-hybridized carbons (Fsp3) is 0.533. The first-order chi connectivity index (χ1) is 10.1. The van der Waals surface area contributed by atoms with Crippen molar-refractivity contribution in [2.75, 3.05) is 39.5 Å². The Balaban J connectivity index is 2.76. The van der Waals surface area contributed by atoms with Crippen LogP contribution in [0.3, 0.4) is 0 Å². The number of carbonyl (C=O) groups is 1. The molecule has 0 saturated carbocycles. The van der Waals surface area contributed by atoms with Gasteiger partial charge in [-0.1, -0.05) is 15.9 Å². The number of amides is 1. The van der Waals surface area contributed by atoms with E-state index in [0.29, 0.717) is 50.0 Å². The Morgan fingerprint density at radius 1 is 1.19 bits per heavy atom. The largest absolute Gasteiger partial charge is 0.380 e. The van der Waals surface area contributed by atoms with Crippen molar-refractivity contribution in [3.63, 3.8) is 0 Å². The molecule has 0 aliphatic carbocycles. The third-order valence-corrected chi connectivity index (χ3v) is 3.76. The second-order valence-electron chi connectivity index (χ2n) is 4.35. The molecule has 1 aromatic rings. The third-order valence-electron chi connectivity index (χ3n) is 2.90. The van der Waals surface area contributed by atoms with E-state index in [4.69, 9.17) is 9.47 Å². The SMILES string of the molecule is CCOCCN(CCOCC)C(=O)c1ccc(Br)cc1S. The Bertz CT molecular complexity index is 447. The minimum Gasteiger partial charge on any atom is -0.380 e. The van der Waals surface area contributed by atoms with Crippen LogP contribution in [0.2, 0.25) is 0 Å². The summed E-state index contributed by atoms with van der Waals surface area (Å²) in [4.78, 5) is 15.0. The lowest BCUT2D eigenvalue weighted by atomic mass is 10.2. The Morgan fingerprint density at radius 2 is 1.76 bits per heavy atom. The highest BCUT2D eigenvalue weighted by Gasteiger charge is 2.17. The van der Waals surface area contributed by atoms with Crippen LogP contribution >= 0.6 is 28.6 Å². The molecule has 1 rings (SSSR count). The summed E-state index contributed by atoms with van der Waals surface area (Å²) >= 11 is 7.75. The second kappa shape index (κ2) is 10.2. The van der Waals surface area contributed by atoms with E-state index in [2.05, 4.69) is 28.6 Å². The maximum atomic E-state index is 12.6. The van der Waals surface area contributed by atoms with Crippen molar-refractivity contribution in [2.24, 2.45) is 0 Å². The van der Waals surface area contributed by atoms with Gasteiger partial charge < -0.3 is 14.4 Å². The third kappa shape index (κ3) is 6.38. The monoisotopic (exact) mass is 375 g/mol. The lowest BCUT2D eigenvalue weighted by Crippen LogP contribution is -2.37. The van der Waals surface area contributed by atoms with Gasteiger partial charge in [0.1, 0.15) is 0 Å². The predicted octanol–water partition coefficient (Wildman–Crippen LogP) is 3.25. The van der Waals surface area contributed by atoms with Crippen molar-refractivity contribution in [1.29, 1.82) is 0 Å². The molecule has 118 valence electrons. The molecule has 0 atom stereocenters. The van der Waals surface area contributed by atoms with Gasteiger partial charge in [0.05, 0.1) is 18.8 Å². The Kier molecular flexibility index (Phi) is 8.99. The Morgan fingerprint density at radius 3 is 2.24 bits per heavy atom. The molecule has 21 heavy (non-hydrogen) atoms. The molecule has 0 radical (unpaired) electrons. The molecule has 1 amide bonds. The molecule has 0 N–H and O–H groups in total. The lowest BCUT2D eigenvalue weighted by Gasteiger charge is -2.23. The minimum atomic E-state index is -0.0492. The van der Waals surface area contributed by atoms with Crippen molar-refractivity contribution < 1.29 is 14.3 Å². The number of halogens is 1. The average molecular weight is 376 g/mol. The van der Waals surface area contributed by atoms with Crippen LogP contribution in [0.4, 0.5) is 0 Å². The van der Waals surface area contributed by atoms with Gasteiger partial charge in [-0.05, 0) is 32.0 Å². The summed E-state index contributed by atoms with van der Waals surface area (Å²) in [5, 5.41) is 0. The van der Waals surface area contributed by atoms with Gasteiger partial charge in [0.25, 0.3) is 5.91 Å². The summed E-state index contributed by atoms with van der Waals surface area (Å²) < 4.78 is 11.6. The number of nitrogens with zero attached hydrogens (tertiary/aromatic N) is 1. The molecule has 0 saturated heterocycles. The molecule has 0 aliphatic heterocycles. The summed E-state index contributed by atoms with van der Waals surface area (Å²) in [5.74, 6) is -0.0492. The van der Waals surface area contributed by atoms with Crippen LogP contribution in [0, 0.1) is 0 Å². The maximum absolute atomic E-state index is 12.6. The van der Waals surface area contributed by atoms with Crippen LogP contribution < -0.4 is 0 Å². The van der Waals surface area contributed by atoms with Crippen molar-refractivity contribution >= 4 is 34.5 Å². The number of benzene rings is 1. The van der Waals surface area contributed by atoms with Crippen molar-refractivity contribution in [3.05, 3.63) is 28.2 Å². The highest BCUT2D eigenvalue weighted by atomic mass is 79.9. The van der Waals surface area contributed by atoms with Gasteiger partial charge >= 0.3 is 0 Å². The standard InChI is InChI=1S/C15H22BrNO3S/c1-3-19-9-7-17(8-10-20-4-2)15(18)13-6-5-12(16)11-14(13)21/h5-6,11,21H,3-4,7-10H2,1-2H3. The van der Waals surface area contributed by atoms with E-state index in [1.54, 1.807) is 11.0 Å². The number of ether oxygens (including phenoxy) is 2. The zero-order valence-corrected chi connectivity index (χ0v) is 15.0. The van der Waals surface area contributed by atoms with Gasteiger partial charge in [-0.2, -0.15) is 0 Å². The molecular weight excluding hydrogens is 354 g/mol. The van der Waals surface area contributed by atoms with Crippen LogP contribution in [0.25, 0.3) is 0 Å². The van der Waals surface area contributed by atoms with E-state index in [1.165, 1.54) is 0 Å². The average Bonchev–Trinajstić information content (AvgIpc) is 2.45. The van der Waals surface area contributed by atoms with Gasteiger partial charge in [-0.3, -0.25) is 4.79 Å². The maximum Gasteiger partial charge on any atom is 0.255 e. The van der Waals surface area contributed by atoms with E-state index >= 15 is 0 Å². The lowest BCUT2D eigenvalue weighted by molar-refractivity contribution is 0.0547. The van der Waals surface area contributed by atoms with Crippen molar-refractivity contribution in [2.45, 2.75) is 18.7 Å². The van der Waals surface area contributed by atoms with Crippen LogP contribution in [0.1, 0.15) is 24.2 Å². The zero-order valence-electron chi connectivity index (χ0n) is 12.5. The zero-order chi connectivity index (χ0) is 15.7. The van der Waals surface area contributed by atoms with Crippen LogP contribution in [-0.2, 0) is 9.47 Å². The number of hydrogen-bond acceptors (Lipinski definition) is 4. The molecule has 6 heteroatoms. The van der Waals surface area contributed by atoms with Gasteiger partial charge in [-0.15, -0.1) is 12.6 Å². The highest BCUT2D eigenvalue weighted by molar-refractivity contribution is 9.10. The number of carbonyl (C=O) groups excluding carboxylic acids is 1. The number of hydrogen-bond donors (Lipinski definition) is 1. The molecule has 0 bridgehead atoms. The molecule has 0 heterocycles. The van der Waals surface area contributed by atoms with Gasteiger partial charge in [0.15, 0.2) is 0 Å². The summed E-state index contributed by atoms with van der Waals surface area (Å²) in [6.45, 7) is 7.29. The van der Waals surface area contributed by atoms with Gasteiger partial charge in [0, 0.05) is 35.7 Å². The Labute approximate surface area is 140 Å². The molecule has 0 fully saturated rings. The van der Waals surface area contributed by atoms with E-state index in [-0.39, 0.29) is 5.91 Å². The van der Waals surface area contributed by atoms with Crippen molar-refractivity contribution in [3.8, 4) is 0 Å². The highest BCUT2D eigenvalue weighted by Crippen LogP contribution is 2.21. The molecule has 0 spiro atoms. The minimum absolute atomic E-state index is 0.0492. The van der Waals surface area contributed by atoms with Gasteiger partial charge in [-0.25, -0.2) is 0 Å². The van der Waals surface area contributed by atoms with Crippen LogP contribution in [0.15, 0.2) is 27.6 Å². The smallest absolute Gasteiger partial charge is 0.255 e. The van der Waals surface area contributed by atoms with Crippen molar-refractivity contribution in [1.82, 2.24) is 4.90 Å². The van der Waals surface area contributed by atoms with E-state index in [9.17, 15) is 4.79 Å². The Hall–Kier alpha value is -0.560. The van der Waals surface area contributed by atoms with E-state index in [0.717, 1.165) is 4.47 Å². The summed E-state index contributed by atoms with van der Waals surface area (Å²) in [5.41, 5.74) is 0.592. The number of thiol groups is 1. The molecule has 1 aromatic carbocycles. The molecular formula is C15H22BrNO3S. The first-order valence-electron chi connectivity index (χ1n) is 7.03. The predicted molar refractivity (Wildman–Crippen MR) is 90.3 cm³/mol. The van der Waals surface area contributed by atoms with E-state index < -0.39 is 0 Å². The molecule has 0 aromatic heterocycles. The topological polar surface area (TPSA) is 38.8 Å². The normalized spacial score (nSPS) is 10.7. The van der Waals surface area contributed by atoms with Crippen LogP contribution in [-0.4, -0.2) is 50.3 Å². The second-order valence-corrected chi connectivity index (χ2v) is 5.74. The quantitative estimate of drug-likeness (QED) is 0.531. The fourth-order valence-electron chi connectivity index (χ4n) is 1.81. The van der Waals surface area contributed by atoms with E-state index in [1.807, 2.05) is 26.0 Å². The summed E-state index contributed by atoms with van der Waals surface area (Å²) in [6, 6.07) is 5.44. The first kappa shape index (κ1) is 18.5. The molecule has 0 aliphatic rings. The molecule has 0 unspecified atom stereocenters. The summed E-state index contributed by atoms with van der Waals surface area (Å²) in [7, 11) is 0.